The van der Waals surface area contributed by atoms with Crippen LogP contribution in [-0.2, 0) is 4.74 Å². The van der Waals surface area contributed by atoms with Gasteiger partial charge in [0, 0.05) is 6.54 Å². The zero-order valence-electron chi connectivity index (χ0n) is 9.50. The third kappa shape index (κ3) is 2.92. The van der Waals surface area contributed by atoms with Gasteiger partial charge in [-0.2, -0.15) is 0 Å². The van der Waals surface area contributed by atoms with Gasteiger partial charge in [-0.3, -0.25) is 0 Å². The van der Waals surface area contributed by atoms with Crippen molar-refractivity contribution in [1.82, 2.24) is 5.32 Å². The fourth-order valence-corrected chi connectivity index (χ4v) is 2.60. The second-order valence-corrected chi connectivity index (χ2v) is 5.27. The second kappa shape index (κ2) is 5.28. The van der Waals surface area contributed by atoms with Gasteiger partial charge in [0.25, 0.3) is 0 Å². The molecule has 0 unspecified atom stereocenters. The minimum Gasteiger partial charge on any atom is -0.396 e. The molecule has 15 heavy (non-hydrogen) atoms. The summed E-state index contributed by atoms with van der Waals surface area (Å²) < 4.78 is 5.16. The van der Waals surface area contributed by atoms with E-state index >= 15 is 0 Å². The first-order valence-corrected chi connectivity index (χ1v) is 6.24. The van der Waals surface area contributed by atoms with Crippen LogP contribution in [0.2, 0.25) is 0 Å². The van der Waals surface area contributed by atoms with E-state index in [1.807, 2.05) is 0 Å². The van der Waals surface area contributed by atoms with Crippen LogP contribution in [-0.4, -0.2) is 38.0 Å². The maximum atomic E-state index is 9.23. The first-order chi connectivity index (χ1) is 7.35. The van der Waals surface area contributed by atoms with Crippen LogP contribution in [0.1, 0.15) is 32.1 Å². The van der Waals surface area contributed by atoms with E-state index in [1.165, 1.54) is 32.1 Å². The van der Waals surface area contributed by atoms with Gasteiger partial charge in [0.2, 0.25) is 0 Å². The molecule has 0 aromatic heterocycles. The maximum Gasteiger partial charge on any atom is 0.0579 e. The summed E-state index contributed by atoms with van der Waals surface area (Å²) in [5, 5.41) is 12.7. The molecule has 1 heterocycles. The topological polar surface area (TPSA) is 41.5 Å². The summed E-state index contributed by atoms with van der Waals surface area (Å²) in [6.45, 7) is 3.71. The molecular weight excluding hydrogens is 190 g/mol. The number of nitrogens with one attached hydrogen (secondary N) is 1. The Morgan fingerprint density at radius 2 is 2.00 bits per heavy atom. The van der Waals surface area contributed by atoms with Crippen molar-refractivity contribution in [2.75, 3.05) is 32.9 Å². The number of ether oxygens (including phenoxy) is 1. The molecule has 2 N–H and O–H groups in total. The largest absolute Gasteiger partial charge is 0.396 e. The third-order valence-electron chi connectivity index (χ3n) is 3.86. The molecule has 0 amide bonds. The molecule has 1 aliphatic heterocycles. The van der Waals surface area contributed by atoms with E-state index in [1.54, 1.807) is 0 Å². The van der Waals surface area contributed by atoms with Crippen molar-refractivity contribution in [2.45, 2.75) is 32.1 Å². The van der Waals surface area contributed by atoms with Crippen LogP contribution < -0.4 is 5.32 Å². The zero-order valence-corrected chi connectivity index (χ0v) is 9.50. The lowest BCUT2D eigenvalue weighted by Crippen LogP contribution is -2.52. The molecule has 0 atom stereocenters. The van der Waals surface area contributed by atoms with Gasteiger partial charge in [-0.1, -0.05) is 25.7 Å². The number of aliphatic hydroxyl groups excluding tert-OH is 1. The van der Waals surface area contributed by atoms with Crippen molar-refractivity contribution in [3.63, 3.8) is 0 Å². The van der Waals surface area contributed by atoms with Crippen LogP contribution in [0, 0.1) is 11.3 Å². The minimum absolute atomic E-state index is 0.0374. The van der Waals surface area contributed by atoms with Gasteiger partial charge in [0.1, 0.15) is 0 Å². The molecule has 2 aliphatic rings. The Bertz CT molecular complexity index is 181. The van der Waals surface area contributed by atoms with E-state index in [0.29, 0.717) is 0 Å². The van der Waals surface area contributed by atoms with Crippen LogP contribution >= 0.6 is 0 Å². The van der Waals surface area contributed by atoms with Crippen LogP contribution in [0.3, 0.4) is 0 Å². The molecule has 2 rings (SSSR count). The number of hydrogen-bond donors (Lipinski definition) is 2. The van der Waals surface area contributed by atoms with E-state index < -0.39 is 0 Å². The van der Waals surface area contributed by atoms with Gasteiger partial charge < -0.3 is 15.2 Å². The summed E-state index contributed by atoms with van der Waals surface area (Å²) in [6.07, 6.45) is 7.02. The summed E-state index contributed by atoms with van der Waals surface area (Å²) in [4.78, 5) is 0. The molecule has 1 aliphatic carbocycles. The van der Waals surface area contributed by atoms with Crippen molar-refractivity contribution in [3.05, 3.63) is 0 Å². The fourth-order valence-electron chi connectivity index (χ4n) is 2.60. The molecule has 0 bridgehead atoms. The highest BCUT2D eigenvalue weighted by Gasteiger charge is 2.37. The van der Waals surface area contributed by atoms with Gasteiger partial charge >= 0.3 is 0 Å². The van der Waals surface area contributed by atoms with Crippen LogP contribution in [0.25, 0.3) is 0 Å². The Labute approximate surface area is 92.2 Å². The Morgan fingerprint density at radius 1 is 1.27 bits per heavy atom. The molecule has 3 nitrogen and oxygen atoms in total. The Kier molecular flexibility index (Phi) is 4.00. The van der Waals surface area contributed by atoms with Crippen molar-refractivity contribution in [1.29, 1.82) is 0 Å². The summed E-state index contributed by atoms with van der Waals surface area (Å²) >= 11 is 0. The number of rotatable bonds is 6. The smallest absolute Gasteiger partial charge is 0.0579 e. The predicted octanol–water partition coefficient (Wildman–Crippen LogP) is 1.17. The van der Waals surface area contributed by atoms with E-state index in [4.69, 9.17) is 4.74 Å². The third-order valence-corrected chi connectivity index (χ3v) is 3.86. The number of hydrogen-bond acceptors (Lipinski definition) is 3. The molecule has 2 fully saturated rings. The molecule has 0 spiro atoms. The van der Waals surface area contributed by atoms with Crippen molar-refractivity contribution in [3.8, 4) is 0 Å². The first-order valence-electron chi connectivity index (χ1n) is 6.24. The molecule has 0 aromatic rings. The average molecular weight is 213 g/mol. The molecule has 0 aromatic carbocycles. The van der Waals surface area contributed by atoms with Gasteiger partial charge in [-0.25, -0.2) is 0 Å². The van der Waals surface area contributed by atoms with E-state index in [9.17, 15) is 5.11 Å². The second-order valence-electron chi connectivity index (χ2n) is 5.27. The maximum absolute atomic E-state index is 9.23. The summed E-state index contributed by atoms with van der Waals surface area (Å²) in [7, 11) is 0. The van der Waals surface area contributed by atoms with Crippen LogP contribution in [0.4, 0.5) is 0 Å². The molecule has 1 saturated carbocycles. The molecule has 3 heteroatoms. The summed E-state index contributed by atoms with van der Waals surface area (Å²) in [5.41, 5.74) is 0.0374. The van der Waals surface area contributed by atoms with Gasteiger partial charge in [0.15, 0.2) is 0 Å². The van der Waals surface area contributed by atoms with Crippen molar-refractivity contribution >= 4 is 0 Å². The molecular formula is C12H23NO2. The quantitative estimate of drug-likeness (QED) is 0.651. The van der Waals surface area contributed by atoms with Gasteiger partial charge in [-0.15, -0.1) is 0 Å². The van der Waals surface area contributed by atoms with E-state index in [-0.39, 0.29) is 12.0 Å². The standard InChI is InChI=1S/C12H23NO2/c14-8-12(9-15-10-12)7-13-6-5-11-3-1-2-4-11/h11,13-14H,1-10H2. The lowest BCUT2D eigenvalue weighted by Gasteiger charge is -2.40. The van der Waals surface area contributed by atoms with Gasteiger partial charge in [0.05, 0.1) is 25.2 Å². The molecule has 0 radical (unpaired) electrons. The SMILES string of the molecule is OCC1(CNCCC2CCCC2)COC1. The molecule has 1 saturated heterocycles. The summed E-state index contributed by atoms with van der Waals surface area (Å²) in [6, 6.07) is 0. The Morgan fingerprint density at radius 3 is 2.53 bits per heavy atom. The molecule has 88 valence electrons. The van der Waals surface area contributed by atoms with Crippen LogP contribution in [0.5, 0.6) is 0 Å². The Balaban J connectivity index is 1.54. The monoisotopic (exact) mass is 213 g/mol. The van der Waals surface area contributed by atoms with E-state index in [2.05, 4.69) is 5.32 Å². The zero-order chi connectivity index (χ0) is 10.6. The summed E-state index contributed by atoms with van der Waals surface area (Å²) in [5.74, 6) is 0.959. The highest BCUT2D eigenvalue weighted by atomic mass is 16.5. The van der Waals surface area contributed by atoms with Crippen LogP contribution in [0.15, 0.2) is 0 Å². The highest BCUT2D eigenvalue weighted by molar-refractivity contribution is 4.87. The first kappa shape index (κ1) is 11.4. The average Bonchev–Trinajstić information content (AvgIpc) is 2.68. The predicted molar refractivity (Wildman–Crippen MR) is 59.8 cm³/mol. The van der Waals surface area contributed by atoms with Crippen molar-refractivity contribution in [2.24, 2.45) is 11.3 Å². The van der Waals surface area contributed by atoms with E-state index in [0.717, 1.165) is 32.2 Å². The number of aliphatic hydroxyl groups is 1. The van der Waals surface area contributed by atoms with Gasteiger partial charge in [-0.05, 0) is 18.9 Å². The fraction of sp³-hybridized carbons (Fsp3) is 1.00. The normalized spacial score (nSPS) is 25.4. The van der Waals surface area contributed by atoms with Crippen molar-refractivity contribution < 1.29 is 9.84 Å². The lowest BCUT2D eigenvalue weighted by molar-refractivity contribution is -0.134. The minimum atomic E-state index is 0.0374. The highest BCUT2D eigenvalue weighted by Crippen LogP contribution is 2.28. The lowest BCUT2D eigenvalue weighted by atomic mass is 9.87. The Hall–Kier alpha value is -0.120.